The number of hydrogen-bond donors (Lipinski definition) is 2. The van der Waals surface area contributed by atoms with Crippen LogP contribution < -0.4 is 5.69 Å². The Morgan fingerprint density at radius 3 is 2.91 bits per heavy atom. The second kappa shape index (κ2) is 5.64. The third-order valence-corrected chi connectivity index (χ3v) is 3.71. The van der Waals surface area contributed by atoms with Crippen molar-refractivity contribution in [3.63, 3.8) is 0 Å². The number of ether oxygens (including phenoxy) is 1. The highest BCUT2D eigenvalue weighted by Crippen LogP contribution is 2.12. The summed E-state index contributed by atoms with van der Waals surface area (Å²) < 4.78 is 6.42. The van der Waals surface area contributed by atoms with E-state index in [1.54, 1.807) is 24.3 Å². The van der Waals surface area contributed by atoms with E-state index in [1.165, 1.54) is 9.47 Å². The Morgan fingerprint density at radius 2 is 2.14 bits per heavy atom. The fourth-order valence-electron chi connectivity index (χ4n) is 2.60. The summed E-state index contributed by atoms with van der Waals surface area (Å²) in [5, 5.41) is 9.16. The van der Waals surface area contributed by atoms with E-state index in [-0.39, 0.29) is 26.3 Å². The second-order valence-corrected chi connectivity index (χ2v) is 5.05. The number of nitrogens with one attached hydrogen (secondary N) is 1. The van der Waals surface area contributed by atoms with Crippen LogP contribution in [0.1, 0.15) is 0 Å². The number of H-pyrrole nitrogens is 1. The van der Waals surface area contributed by atoms with Crippen LogP contribution in [0.4, 0.5) is 0 Å². The minimum atomic E-state index is -1.11. The maximum absolute atomic E-state index is 12.4. The molecule has 0 bridgehead atoms. The van der Waals surface area contributed by atoms with E-state index in [1.807, 2.05) is 0 Å². The lowest BCUT2D eigenvalue weighted by atomic mass is 10.2. The average molecular weight is 305 g/mol. The number of carbonyl (C=O) groups is 2. The molecule has 1 saturated heterocycles. The molecule has 1 aliphatic heterocycles. The molecule has 0 saturated carbocycles. The molecule has 1 fully saturated rings. The van der Waals surface area contributed by atoms with Gasteiger partial charge in [0.15, 0.2) is 6.04 Å². The molecule has 0 unspecified atom stereocenters. The molecule has 3 rings (SSSR count). The maximum atomic E-state index is 12.4. The van der Waals surface area contributed by atoms with E-state index in [0.29, 0.717) is 11.0 Å². The van der Waals surface area contributed by atoms with E-state index in [4.69, 9.17) is 9.84 Å². The average Bonchev–Trinajstić information content (AvgIpc) is 2.83. The highest BCUT2D eigenvalue weighted by molar-refractivity contribution is 5.85. The number of carbonyl (C=O) groups excluding carboxylic acids is 1. The van der Waals surface area contributed by atoms with E-state index in [0.717, 1.165) is 0 Å². The van der Waals surface area contributed by atoms with Crippen LogP contribution in [0.3, 0.4) is 0 Å². The number of para-hydroxylation sites is 2. The Hall–Kier alpha value is -2.61. The van der Waals surface area contributed by atoms with Crippen LogP contribution in [-0.4, -0.2) is 57.2 Å². The molecular weight excluding hydrogens is 290 g/mol. The van der Waals surface area contributed by atoms with Crippen molar-refractivity contribution < 1.29 is 19.4 Å². The summed E-state index contributed by atoms with van der Waals surface area (Å²) >= 11 is 0. The molecular formula is C14H15N3O5. The van der Waals surface area contributed by atoms with Gasteiger partial charge in [0.1, 0.15) is 6.54 Å². The Morgan fingerprint density at radius 1 is 1.36 bits per heavy atom. The van der Waals surface area contributed by atoms with Crippen LogP contribution in [0.2, 0.25) is 0 Å². The van der Waals surface area contributed by atoms with Crippen LogP contribution in [-0.2, 0) is 20.9 Å². The predicted octanol–water partition coefficient (Wildman–Crippen LogP) is -0.358. The number of aliphatic carboxylic acids is 1. The highest BCUT2D eigenvalue weighted by Gasteiger charge is 2.33. The first-order chi connectivity index (χ1) is 10.6. The summed E-state index contributed by atoms with van der Waals surface area (Å²) in [5.41, 5.74) is 0.854. The first-order valence-corrected chi connectivity index (χ1v) is 6.85. The van der Waals surface area contributed by atoms with Crippen molar-refractivity contribution in [1.82, 2.24) is 14.5 Å². The summed E-state index contributed by atoms with van der Waals surface area (Å²) in [6.07, 6.45) is 0. The smallest absolute Gasteiger partial charge is 0.328 e. The zero-order valence-electron chi connectivity index (χ0n) is 11.7. The zero-order valence-corrected chi connectivity index (χ0v) is 11.7. The number of imidazole rings is 1. The number of carboxylic acids is 1. The lowest BCUT2D eigenvalue weighted by Gasteiger charge is -2.32. The van der Waals surface area contributed by atoms with Gasteiger partial charge in [-0.05, 0) is 12.1 Å². The predicted molar refractivity (Wildman–Crippen MR) is 76.5 cm³/mol. The van der Waals surface area contributed by atoms with Crippen LogP contribution in [0, 0.1) is 0 Å². The van der Waals surface area contributed by atoms with Gasteiger partial charge in [0, 0.05) is 6.54 Å². The molecule has 2 N–H and O–H groups in total. The van der Waals surface area contributed by atoms with Gasteiger partial charge < -0.3 is 19.7 Å². The molecule has 8 nitrogen and oxygen atoms in total. The molecule has 1 atom stereocenters. The number of benzene rings is 1. The topological polar surface area (TPSA) is 105 Å². The SMILES string of the molecule is O=C(O)[C@@H]1COCCN1C(=O)Cn1c(=O)[nH]c2ccccc21. The van der Waals surface area contributed by atoms with Gasteiger partial charge in [-0.15, -0.1) is 0 Å². The molecule has 1 aromatic heterocycles. The number of hydrogen-bond acceptors (Lipinski definition) is 4. The van der Waals surface area contributed by atoms with Gasteiger partial charge in [-0.2, -0.15) is 0 Å². The lowest BCUT2D eigenvalue weighted by molar-refractivity contribution is -0.158. The molecule has 1 aromatic carbocycles. The minimum absolute atomic E-state index is 0.0378. The zero-order chi connectivity index (χ0) is 15.7. The fraction of sp³-hybridized carbons (Fsp3) is 0.357. The maximum Gasteiger partial charge on any atom is 0.328 e. The van der Waals surface area contributed by atoms with Crippen molar-refractivity contribution in [3.8, 4) is 0 Å². The van der Waals surface area contributed by atoms with Crippen molar-refractivity contribution in [1.29, 1.82) is 0 Å². The molecule has 0 spiro atoms. The molecule has 1 aliphatic rings. The summed E-state index contributed by atoms with van der Waals surface area (Å²) in [6, 6.07) is 6.02. The summed E-state index contributed by atoms with van der Waals surface area (Å²) in [6.45, 7) is 0.252. The van der Waals surface area contributed by atoms with Gasteiger partial charge in [-0.25, -0.2) is 9.59 Å². The fourth-order valence-corrected chi connectivity index (χ4v) is 2.60. The number of morpholine rings is 1. The van der Waals surface area contributed by atoms with Crippen molar-refractivity contribution >= 4 is 22.9 Å². The van der Waals surface area contributed by atoms with Gasteiger partial charge in [0.2, 0.25) is 5.91 Å². The van der Waals surface area contributed by atoms with E-state index in [2.05, 4.69) is 4.98 Å². The van der Waals surface area contributed by atoms with E-state index >= 15 is 0 Å². The number of carboxylic acid groups (broad SMARTS) is 1. The summed E-state index contributed by atoms with van der Waals surface area (Å²) in [7, 11) is 0. The number of nitrogens with zero attached hydrogens (tertiary/aromatic N) is 2. The van der Waals surface area contributed by atoms with Gasteiger partial charge in [-0.3, -0.25) is 9.36 Å². The third-order valence-electron chi connectivity index (χ3n) is 3.71. The number of amides is 1. The number of aromatic nitrogens is 2. The van der Waals surface area contributed by atoms with Gasteiger partial charge >= 0.3 is 11.7 Å². The van der Waals surface area contributed by atoms with Crippen LogP contribution in [0.25, 0.3) is 11.0 Å². The quantitative estimate of drug-likeness (QED) is 0.806. The first kappa shape index (κ1) is 14.3. The Bertz CT molecular complexity index is 778. The highest BCUT2D eigenvalue weighted by atomic mass is 16.5. The Kier molecular flexibility index (Phi) is 3.68. The molecule has 8 heteroatoms. The van der Waals surface area contributed by atoms with Crippen molar-refractivity contribution in [3.05, 3.63) is 34.7 Å². The molecule has 2 heterocycles. The third kappa shape index (κ3) is 2.48. The lowest BCUT2D eigenvalue weighted by Crippen LogP contribution is -2.53. The standard InChI is InChI=1S/C14H15N3O5/c18-12(16-5-6-22-8-11(16)13(19)20)7-17-10-4-2-1-3-9(10)15-14(17)21/h1-4,11H,5-8H2,(H,15,21)(H,19,20)/t11-/m0/s1. The van der Waals surface area contributed by atoms with Crippen molar-refractivity contribution in [2.45, 2.75) is 12.6 Å². The van der Waals surface area contributed by atoms with Crippen LogP contribution >= 0.6 is 0 Å². The van der Waals surface area contributed by atoms with Crippen LogP contribution in [0.15, 0.2) is 29.1 Å². The molecule has 22 heavy (non-hydrogen) atoms. The second-order valence-electron chi connectivity index (χ2n) is 5.05. The summed E-state index contributed by atoms with van der Waals surface area (Å²) in [5.74, 6) is -1.53. The van der Waals surface area contributed by atoms with Crippen molar-refractivity contribution in [2.75, 3.05) is 19.8 Å². The monoisotopic (exact) mass is 305 g/mol. The molecule has 1 amide bonds. The molecule has 0 aliphatic carbocycles. The van der Waals surface area contributed by atoms with Gasteiger partial charge in [0.25, 0.3) is 0 Å². The molecule has 0 radical (unpaired) electrons. The number of fused-ring (bicyclic) bond motifs is 1. The van der Waals surface area contributed by atoms with Gasteiger partial charge in [0.05, 0.1) is 24.2 Å². The van der Waals surface area contributed by atoms with E-state index in [9.17, 15) is 14.4 Å². The number of aromatic amines is 1. The normalized spacial score (nSPS) is 18.5. The summed E-state index contributed by atoms with van der Waals surface area (Å²) in [4.78, 5) is 39.5. The van der Waals surface area contributed by atoms with Crippen molar-refractivity contribution in [2.24, 2.45) is 0 Å². The first-order valence-electron chi connectivity index (χ1n) is 6.85. The van der Waals surface area contributed by atoms with Crippen LogP contribution in [0.5, 0.6) is 0 Å². The largest absolute Gasteiger partial charge is 0.480 e. The van der Waals surface area contributed by atoms with Gasteiger partial charge in [-0.1, -0.05) is 12.1 Å². The molecule has 116 valence electrons. The van der Waals surface area contributed by atoms with E-state index < -0.39 is 23.6 Å². The molecule has 2 aromatic rings. The minimum Gasteiger partial charge on any atom is -0.480 e. The Labute approximate surface area is 124 Å². The number of rotatable bonds is 3. The Balaban J connectivity index is 1.88.